The van der Waals surface area contributed by atoms with Gasteiger partial charge in [0.1, 0.15) is 5.69 Å². The maximum Gasteiger partial charge on any atom is 0.296 e. The van der Waals surface area contributed by atoms with Crippen LogP contribution in [0.25, 0.3) is 11.5 Å². The Morgan fingerprint density at radius 1 is 1.50 bits per heavy atom. The largest absolute Gasteiger partial charge is 0.338 e. The molecule has 2 aromatic heterocycles. The normalized spacial score (nSPS) is 10.9. The second kappa shape index (κ2) is 4.99. The highest BCUT2D eigenvalue weighted by atomic mass is 19.3. The standard InChI is InChI=1S/C11H9F2N3O2/c1-6-2-3-14-7(4-6)11-15-9(18-16-11)5-8(17)10(12)13/h2-4,10H,5H2,1H3. The van der Waals surface area contributed by atoms with E-state index in [-0.39, 0.29) is 11.7 Å². The quantitative estimate of drug-likeness (QED) is 0.831. The minimum absolute atomic E-state index is 0.140. The van der Waals surface area contributed by atoms with Crippen LogP contribution < -0.4 is 0 Å². The van der Waals surface area contributed by atoms with Gasteiger partial charge in [-0.2, -0.15) is 4.98 Å². The molecular formula is C11H9F2N3O2. The van der Waals surface area contributed by atoms with Crippen molar-refractivity contribution in [2.24, 2.45) is 0 Å². The van der Waals surface area contributed by atoms with E-state index in [1.807, 2.05) is 6.92 Å². The van der Waals surface area contributed by atoms with Gasteiger partial charge in [-0.3, -0.25) is 9.78 Å². The molecule has 7 heteroatoms. The molecule has 0 atom stereocenters. The summed E-state index contributed by atoms with van der Waals surface area (Å²) < 4.78 is 28.8. The molecule has 0 radical (unpaired) electrons. The van der Waals surface area contributed by atoms with Gasteiger partial charge in [-0.05, 0) is 24.6 Å². The number of pyridine rings is 1. The molecule has 0 aliphatic rings. The Kier molecular flexibility index (Phi) is 3.40. The van der Waals surface area contributed by atoms with E-state index in [1.54, 1.807) is 18.3 Å². The van der Waals surface area contributed by atoms with Crippen LogP contribution in [-0.2, 0) is 11.2 Å². The number of carbonyl (C=O) groups is 1. The third-order valence-corrected chi connectivity index (χ3v) is 2.18. The van der Waals surface area contributed by atoms with Crippen molar-refractivity contribution in [2.45, 2.75) is 19.8 Å². The topological polar surface area (TPSA) is 68.9 Å². The number of alkyl halides is 2. The smallest absolute Gasteiger partial charge is 0.296 e. The summed E-state index contributed by atoms with van der Waals surface area (Å²) in [5.41, 5.74) is 1.42. The van der Waals surface area contributed by atoms with Gasteiger partial charge in [0.15, 0.2) is 0 Å². The van der Waals surface area contributed by atoms with Gasteiger partial charge in [-0.25, -0.2) is 8.78 Å². The maximum atomic E-state index is 12.0. The van der Waals surface area contributed by atoms with Gasteiger partial charge in [0.25, 0.3) is 6.43 Å². The minimum atomic E-state index is -3.03. The molecule has 0 aliphatic heterocycles. The number of ketones is 1. The molecule has 2 heterocycles. The molecule has 0 saturated carbocycles. The number of hydrogen-bond acceptors (Lipinski definition) is 5. The third-order valence-electron chi connectivity index (χ3n) is 2.18. The third kappa shape index (κ3) is 2.73. The summed E-state index contributed by atoms with van der Waals surface area (Å²) in [6.45, 7) is 1.87. The van der Waals surface area contributed by atoms with Crippen molar-refractivity contribution < 1.29 is 18.1 Å². The van der Waals surface area contributed by atoms with Crippen LogP contribution in [-0.4, -0.2) is 27.3 Å². The van der Waals surface area contributed by atoms with E-state index in [4.69, 9.17) is 4.52 Å². The molecule has 5 nitrogen and oxygen atoms in total. The van der Waals surface area contributed by atoms with E-state index >= 15 is 0 Å². The van der Waals surface area contributed by atoms with Gasteiger partial charge in [0, 0.05) is 6.20 Å². The van der Waals surface area contributed by atoms with Crippen LogP contribution >= 0.6 is 0 Å². The second-order valence-electron chi connectivity index (χ2n) is 3.67. The number of Topliss-reactive ketones (excluding diaryl/α,β-unsaturated/α-hetero) is 1. The first kappa shape index (κ1) is 12.3. The fraction of sp³-hybridized carbons (Fsp3) is 0.273. The Morgan fingerprint density at radius 2 is 2.28 bits per heavy atom. The molecule has 0 unspecified atom stereocenters. The van der Waals surface area contributed by atoms with Crippen LogP contribution in [0, 0.1) is 6.92 Å². The van der Waals surface area contributed by atoms with E-state index in [0.717, 1.165) is 5.56 Å². The highest BCUT2D eigenvalue weighted by Gasteiger charge is 2.20. The van der Waals surface area contributed by atoms with Crippen LogP contribution in [0.3, 0.4) is 0 Å². The predicted molar refractivity (Wildman–Crippen MR) is 57.0 cm³/mol. The first-order valence-corrected chi connectivity index (χ1v) is 5.13. The average molecular weight is 253 g/mol. The fourth-order valence-corrected chi connectivity index (χ4v) is 1.32. The number of rotatable bonds is 4. The Labute approximate surface area is 101 Å². The van der Waals surface area contributed by atoms with E-state index in [9.17, 15) is 13.6 Å². The van der Waals surface area contributed by atoms with Crippen molar-refractivity contribution in [3.05, 3.63) is 29.8 Å². The molecule has 0 aromatic carbocycles. The Morgan fingerprint density at radius 3 is 2.94 bits per heavy atom. The van der Waals surface area contributed by atoms with Crippen molar-refractivity contribution in [1.82, 2.24) is 15.1 Å². The molecule has 0 bridgehead atoms. The maximum absolute atomic E-state index is 12.0. The summed E-state index contributed by atoms with van der Waals surface area (Å²) in [5, 5.41) is 3.59. The predicted octanol–water partition coefficient (Wildman–Crippen LogP) is 1.82. The molecule has 94 valence electrons. The summed E-state index contributed by atoms with van der Waals surface area (Å²) in [5.74, 6) is -1.21. The van der Waals surface area contributed by atoms with Crippen molar-refractivity contribution >= 4 is 5.78 Å². The zero-order valence-corrected chi connectivity index (χ0v) is 9.43. The minimum Gasteiger partial charge on any atom is -0.338 e. The van der Waals surface area contributed by atoms with Gasteiger partial charge >= 0.3 is 0 Å². The van der Waals surface area contributed by atoms with Crippen LogP contribution in [0.4, 0.5) is 8.78 Å². The summed E-state index contributed by atoms with van der Waals surface area (Å²) in [6.07, 6.45) is -2.03. The summed E-state index contributed by atoms with van der Waals surface area (Å²) >= 11 is 0. The van der Waals surface area contributed by atoms with Crippen molar-refractivity contribution in [2.75, 3.05) is 0 Å². The molecule has 2 rings (SSSR count). The number of aromatic nitrogens is 3. The Bertz CT molecular complexity index is 569. The fourth-order valence-electron chi connectivity index (χ4n) is 1.32. The number of hydrogen-bond donors (Lipinski definition) is 0. The lowest BCUT2D eigenvalue weighted by Gasteiger charge is -1.94. The van der Waals surface area contributed by atoms with E-state index in [2.05, 4.69) is 15.1 Å². The Hall–Kier alpha value is -2.18. The van der Waals surface area contributed by atoms with Crippen LogP contribution in [0.5, 0.6) is 0 Å². The summed E-state index contributed by atoms with van der Waals surface area (Å²) in [6, 6.07) is 3.52. The van der Waals surface area contributed by atoms with E-state index < -0.39 is 18.6 Å². The lowest BCUT2D eigenvalue weighted by molar-refractivity contribution is -0.129. The number of halogens is 2. The lowest BCUT2D eigenvalue weighted by Crippen LogP contribution is -2.12. The van der Waals surface area contributed by atoms with Crippen LogP contribution in [0.2, 0.25) is 0 Å². The SMILES string of the molecule is Cc1ccnc(-c2noc(CC(=O)C(F)F)n2)c1. The van der Waals surface area contributed by atoms with Crippen molar-refractivity contribution in [3.8, 4) is 11.5 Å². The van der Waals surface area contributed by atoms with Gasteiger partial charge in [0.2, 0.25) is 17.5 Å². The highest BCUT2D eigenvalue weighted by Crippen LogP contribution is 2.14. The number of aryl methyl sites for hydroxylation is 1. The van der Waals surface area contributed by atoms with Gasteiger partial charge in [0.05, 0.1) is 6.42 Å². The highest BCUT2D eigenvalue weighted by molar-refractivity contribution is 5.82. The molecule has 0 N–H and O–H groups in total. The lowest BCUT2D eigenvalue weighted by atomic mass is 10.2. The van der Waals surface area contributed by atoms with Crippen LogP contribution in [0.15, 0.2) is 22.9 Å². The van der Waals surface area contributed by atoms with E-state index in [1.165, 1.54) is 0 Å². The molecule has 18 heavy (non-hydrogen) atoms. The Balaban J connectivity index is 2.18. The first-order valence-electron chi connectivity index (χ1n) is 5.13. The van der Waals surface area contributed by atoms with Crippen LogP contribution in [0.1, 0.15) is 11.5 Å². The monoisotopic (exact) mass is 253 g/mol. The first-order chi connectivity index (χ1) is 8.56. The molecular weight excluding hydrogens is 244 g/mol. The molecule has 0 saturated heterocycles. The van der Waals surface area contributed by atoms with Gasteiger partial charge < -0.3 is 4.52 Å². The van der Waals surface area contributed by atoms with Crippen molar-refractivity contribution in [1.29, 1.82) is 0 Å². The summed E-state index contributed by atoms with van der Waals surface area (Å²) in [4.78, 5) is 18.7. The molecule has 2 aromatic rings. The molecule has 0 spiro atoms. The molecule has 0 amide bonds. The zero-order chi connectivity index (χ0) is 13.1. The average Bonchev–Trinajstić information content (AvgIpc) is 2.77. The molecule has 0 aliphatic carbocycles. The number of carbonyl (C=O) groups excluding carboxylic acids is 1. The number of nitrogens with zero attached hydrogens (tertiary/aromatic N) is 3. The van der Waals surface area contributed by atoms with Gasteiger partial charge in [-0.1, -0.05) is 5.16 Å². The van der Waals surface area contributed by atoms with Crippen molar-refractivity contribution in [3.63, 3.8) is 0 Å². The molecule has 0 fully saturated rings. The van der Waals surface area contributed by atoms with E-state index in [0.29, 0.717) is 5.69 Å². The zero-order valence-electron chi connectivity index (χ0n) is 9.43. The second-order valence-corrected chi connectivity index (χ2v) is 3.67. The van der Waals surface area contributed by atoms with Gasteiger partial charge in [-0.15, -0.1) is 0 Å². The summed E-state index contributed by atoms with van der Waals surface area (Å²) in [7, 11) is 0.